The summed E-state index contributed by atoms with van der Waals surface area (Å²) in [6, 6.07) is 6.29. The third-order valence-corrected chi connectivity index (χ3v) is 2.80. The molecule has 0 bridgehead atoms. The Bertz CT molecular complexity index is 471. The smallest absolute Gasteiger partial charge is 0.306 e. The maximum Gasteiger partial charge on any atom is 0.306 e. The zero-order valence-electron chi connectivity index (χ0n) is 10.9. The average molecular weight is 263 g/mol. The summed E-state index contributed by atoms with van der Waals surface area (Å²) in [5.41, 5.74) is 0.710. The molecule has 0 fully saturated rings. The highest BCUT2D eigenvalue weighted by molar-refractivity contribution is 5.95. The minimum Gasteiger partial charge on any atom is -0.508 e. The van der Waals surface area contributed by atoms with Gasteiger partial charge in [0.2, 0.25) is 0 Å². The molecule has 0 aliphatic rings. The molecule has 0 amide bonds. The lowest BCUT2D eigenvalue weighted by Gasteiger charge is -2.23. The van der Waals surface area contributed by atoms with Crippen molar-refractivity contribution in [3.05, 3.63) is 29.8 Å². The number of likely N-dealkylation sites (N-methyl/N-ethyl adjacent to an activating group) is 1. The third-order valence-electron chi connectivity index (χ3n) is 2.80. The van der Waals surface area contributed by atoms with Crippen LogP contribution in [0.15, 0.2) is 24.3 Å². The highest BCUT2D eigenvalue weighted by Crippen LogP contribution is 2.24. The van der Waals surface area contributed by atoms with Gasteiger partial charge in [0.05, 0.1) is 25.8 Å². The molecule has 19 heavy (non-hydrogen) atoms. The third kappa shape index (κ3) is 3.80. The number of phenolic OH excluding ortho intramolecular Hbond substituents is 1. The van der Waals surface area contributed by atoms with E-state index in [0.717, 1.165) is 6.34 Å². The number of hydrogen-bond donors (Lipinski definition) is 3. The van der Waals surface area contributed by atoms with Crippen molar-refractivity contribution in [1.82, 2.24) is 4.90 Å². The Balaban J connectivity index is 3.04. The van der Waals surface area contributed by atoms with Crippen LogP contribution >= 0.6 is 0 Å². The van der Waals surface area contributed by atoms with Crippen molar-refractivity contribution in [2.24, 2.45) is 0 Å². The highest BCUT2D eigenvalue weighted by Gasteiger charge is 2.23. The second kappa shape index (κ2) is 6.53. The highest BCUT2D eigenvalue weighted by atomic mass is 16.5. The molecular formula is C13H17N3O3. The Kier molecular flexibility index (Phi) is 5.05. The van der Waals surface area contributed by atoms with Crippen LogP contribution in [0.2, 0.25) is 0 Å². The van der Waals surface area contributed by atoms with Crippen molar-refractivity contribution in [2.75, 3.05) is 14.2 Å². The van der Waals surface area contributed by atoms with Crippen molar-refractivity contribution in [3.8, 4) is 5.75 Å². The van der Waals surface area contributed by atoms with Gasteiger partial charge in [0, 0.05) is 7.05 Å². The lowest BCUT2D eigenvalue weighted by Crippen LogP contribution is -2.31. The summed E-state index contributed by atoms with van der Waals surface area (Å²) in [5.74, 6) is -0.709. The Labute approximate surface area is 111 Å². The van der Waals surface area contributed by atoms with Gasteiger partial charge in [-0.15, -0.1) is 0 Å². The van der Waals surface area contributed by atoms with Gasteiger partial charge in [0.25, 0.3) is 0 Å². The summed E-state index contributed by atoms with van der Waals surface area (Å²) < 4.78 is 4.63. The molecule has 0 spiro atoms. The molecule has 6 heteroatoms. The number of rotatable bonds is 5. The fraction of sp³-hybridized carbons (Fsp3) is 0.308. The van der Waals surface area contributed by atoms with Crippen molar-refractivity contribution >= 4 is 18.1 Å². The first kappa shape index (κ1) is 14.7. The molecule has 0 aliphatic carbocycles. The van der Waals surface area contributed by atoms with Crippen molar-refractivity contribution in [1.29, 1.82) is 10.8 Å². The molecule has 1 rings (SSSR count). The quantitative estimate of drug-likeness (QED) is 0.426. The lowest BCUT2D eigenvalue weighted by molar-refractivity contribution is -0.140. The standard InChI is InChI=1S/C13H17N3O3/c1-16(8-14)13(15)11(7-12(18)19-2)9-3-5-10(17)6-4-9/h3-6,8,11,14-15,17H,7H2,1-2H3/t11-/m0/s1. The first-order valence-corrected chi connectivity index (χ1v) is 5.67. The van der Waals surface area contributed by atoms with Crippen molar-refractivity contribution < 1.29 is 14.6 Å². The number of methoxy groups -OCH3 is 1. The van der Waals surface area contributed by atoms with Gasteiger partial charge >= 0.3 is 5.97 Å². The van der Waals surface area contributed by atoms with E-state index in [-0.39, 0.29) is 18.0 Å². The zero-order chi connectivity index (χ0) is 14.4. The summed E-state index contributed by atoms with van der Waals surface area (Å²) in [5, 5.41) is 24.4. The molecule has 0 radical (unpaired) electrons. The Morgan fingerprint density at radius 3 is 2.53 bits per heavy atom. The summed E-state index contributed by atoms with van der Waals surface area (Å²) in [4.78, 5) is 12.8. The van der Waals surface area contributed by atoms with Crippen LogP contribution in [0, 0.1) is 10.8 Å². The minimum atomic E-state index is -0.514. The minimum absolute atomic E-state index is 0.0122. The molecule has 0 aliphatic heterocycles. The normalized spacial score (nSPS) is 11.5. The van der Waals surface area contributed by atoms with Crippen LogP contribution in [-0.4, -0.2) is 42.3 Å². The molecule has 0 saturated heterocycles. The van der Waals surface area contributed by atoms with Crippen LogP contribution < -0.4 is 0 Å². The number of nitrogens with one attached hydrogen (secondary N) is 2. The van der Waals surface area contributed by atoms with Gasteiger partial charge in [-0.05, 0) is 17.7 Å². The van der Waals surface area contributed by atoms with E-state index in [1.807, 2.05) is 0 Å². The van der Waals surface area contributed by atoms with E-state index >= 15 is 0 Å². The van der Waals surface area contributed by atoms with Gasteiger partial charge in [-0.2, -0.15) is 0 Å². The summed E-state index contributed by atoms with van der Waals surface area (Å²) in [6.45, 7) is 0. The van der Waals surface area contributed by atoms with E-state index in [9.17, 15) is 9.90 Å². The molecule has 6 nitrogen and oxygen atoms in total. The molecular weight excluding hydrogens is 246 g/mol. The van der Waals surface area contributed by atoms with Crippen molar-refractivity contribution in [2.45, 2.75) is 12.3 Å². The largest absolute Gasteiger partial charge is 0.508 e. The first-order valence-electron chi connectivity index (χ1n) is 5.67. The molecule has 0 saturated carbocycles. The number of benzene rings is 1. The average Bonchev–Trinajstić information content (AvgIpc) is 2.43. The molecule has 102 valence electrons. The van der Waals surface area contributed by atoms with Gasteiger partial charge in [-0.1, -0.05) is 12.1 Å². The molecule has 0 unspecified atom stereocenters. The lowest BCUT2D eigenvalue weighted by atomic mass is 9.94. The van der Waals surface area contributed by atoms with Crippen LogP contribution in [0.1, 0.15) is 17.9 Å². The number of carbonyl (C=O) groups excluding carboxylic acids is 1. The van der Waals surface area contributed by atoms with Gasteiger partial charge in [0.15, 0.2) is 0 Å². The Hall–Kier alpha value is -2.37. The monoisotopic (exact) mass is 263 g/mol. The molecule has 0 aromatic heterocycles. The maximum atomic E-state index is 11.4. The second-order valence-corrected chi connectivity index (χ2v) is 4.05. The molecule has 3 N–H and O–H groups in total. The van der Waals surface area contributed by atoms with E-state index in [1.54, 1.807) is 19.2 Å². The summed E-state index contributed by atoms with van der Waals surface area (Å²) in [6.07, 6.45) is 1.02. The van der Waals surface area contributed by atoms with Crippen molar-refractivity contribution in [3.63, 3.8) is 0 Å². The van der Waals surface area contributed by atoms with E-state index in [1.165, 1.54) is 24.1 Å². The molecule has 1 atom stereocenters. The van der Waals surface area contributed by atoms with Crippen LogP contribution in [0.3, 0.4) is 0 Å². The molecule has 1 aromatic rings. The number of carbonyl (C=O) groups is 1. The van der Waals surface area contributed by atoms with Crippen LogP contribution in [0.5, 0.6) is 5.75 Å². The van der Waals surface area contributed by atoms with E-state index in [0.29, 0.717) is 5.56 Å². The second-order valence-electron chi connectivity index (χ2n) is 4.05. The van der Waals surface area contributed by atoms with Crippen LogP contribution in [0.4, 0.5) is 0 Å². The van der Waals surface area contributed by atoms with E-state index in [4.69, 9.17) is 10.8 Å². The van der Waals surface area contributed by atoms with Gasteiger partial charge in [-0.25, -0.2) is 0 Å². The number of phenols is 1. The zero-order valence-corrected chi connectivity index (χ0v) is 10.9. The predicted octanol–water partition coefficient (Wildman–Crippen LogP) is 1.56. The molecule has 0 heterocycles. The topological polar surface area (TPSA) is 97.5 Å². The summed E-state index contributed by atoms with van der Waals surface area (Å²) >= 11 is 0. The van der Waals surface area contributed by atoms with Gasteiger partial charge in [0.1, 0.15) is 11.6 Å². The Morgan fingerprint density at radius 1 is 1.47 bits per heavy atom. The van der Waals surface area contributed by atoms with Crippen LogP contribution in [0.25, 0.3) is 0 Å². The van der Waals surface area contributed by atoms with E-state index < -0.39 is 11.9 Å². The number of amidine groups is 1. The van der Waals surface area contributed by atoms with Crippen LogP contribution in [-0.2, 0) is 9.53 Å². The number of nitrogens with zero attached hydrogens (tertiary/aromatic N) is 1. The number of hydrogen-bond acceptors (Lipinski definition) is 5. The summed E-state index contributed by atoms with van der Waals surface area (Å²) in [7, 11) is 2.86. The number of esters is 1. The van der Waals surface area contributed by atoms with Gasteiger partial charge < -0.3 is 14.7 Å². The SMILES string of the molecule is COC(=O)C[C@H](C(=N)N(C)C=N)c1ccc(O)cc1. The number of ether oxygens (including phenoxy) is 1. The first-order chi connectivity index (χ1) is 8.99. The maximum absolute atomic E-state index is 11.4. The predicted molar refractivity (Wildman–Crippen MR) is 71.8 cm³/mol. The fourth-order valence-electron chi connectivity index (χ4n) is 1.64. The molecule has 1 aromatic carbocycles. The number of aromatic hydroxyl groups is 1. The van der Waals surface area contributed by atoms with Gasteiger partial charge in [-0.3, -0.25) is 15.6 Å². The Morgan fingerprint density at radius 2 is 2.05 bits per heavy atom. The van der Waals surface area contributed by atoms with E-state index in [2.05, 4.69) is 4.74 Å². The fourth-order valence-corrected chi connectivity index (χ4v) is 1.64.